The molecule has 2 amide bonds. The Hall–Kier alpha value is -2.29. The van der Waals surface area contributed by atoms with Crippen LogP contribution in [0.4, 0.5) is 0 Å². The van der Waals surface area contributed by atoms with Gasteiger partial charge in [-0.3, -0.25) is 14.2 Å². The number of hydrogen-bond donors (Lipinski definition) is 2. The number of rotatable bonds is 8. The van der Waals surface area contributed by atoms with Crippen molar-refractivity contribution in [1.82, 2.24) is 20.1 Å². The van der Waals surface area contributed by atoms with Gasteiger partial charge in [0.1, 0.15) is 11.6 Å². The molecule has 2 aromatic rings. The molecule has 0 radical (unpaired) electrons. The van der Waals surface area contributed by atoms with Crippen LogP contribution in [0.2, 0.25) is 0 Å². The van der Waals surface area contributed by atoms with Gasteiger partial charge >= 0.3 is 0 Å². The standard InChI is InChI=1S/C17H25N5O3S/c1-11(15(24)19-17(2,3)4)26-16-21-20-14(8-7-13(18)23)22(16)10-12-6-5-9-25-12/h5-6,9,11H,7-8,10H2,1-4H3,(H2,18,23)(H,19,24). The summed E-state index contributed by atoms with van der Waals surface area (Å²) in [7, 11) is 0. The van der Waals surface area contributed by atoms with Gasteiger partial charge < -0.3 is 15.5 Å². The number of nitrogens with zero attached hydrogens (tertiary/aromatic N) is 3. The number of amides is 2. The molecule has 142 valence electrons. The molecule has 0 aliphatic heterocycles. The average Bonchev–Trinajstić information content (AvgIpc) is 3.15. The lowest BCUT2D eigenvalue weighted by Crippen LogP contribution is -2.44. The van der Waals surface area contributed by atoms with Crippen molar-refractivity contribution in [1.29, 1.82) is 0 Å². The molecule has 0 aromatic carbocycles. The van der Waals surface area contributed by atoms with Crippen LogP contribution < -0.4 is 11.1 Å². The molecule has 2 heterocycles. The number of furan rings is 1. The van der Waals surface area contributed by atoms with Crippen molar-refractivity contribution in [2.75, 3.05) is 0 Å². The minimum atomic E-state index is -0.398. The zero-order valence-corrected chi connectivity index (χ0v) is 16.3. The number of thioether (sulfide) groups is 1. The Morgan fingerprint density at radius 2 is 2.12 bits per heavy atom. The third-order valence-electron chi connectivity index (χ3n) is 3.43. The van der Waals surface area contributed by atoms with E-state index < -0.39 is 5.91 Å². The quantitative estimate of drug-likeness (QED) is 0.675. The summed E-state index contributed by atoms with van der Waals surface area (Å²) in [4.78, 5) is 23.4. The fourth-order valence-corrected chi connectivity index (χ4v) is 3.09. The Labute approximate surface area is 156 Å². The summed E-state index contributed by atoms with van der Waals surface area (Å²) in [5.74, 6) is 0.892. The molecule has 0 fully saturated rings. The number of primary amides is 1. The monoisotopic (exact) mass is 379 g/mol. The van der Waals surface area contributed by atoms with Crippen LogP contribution >= 0.6 is 11.8 Å². The number of nitrogens with one attached hydrogen (secondary N) is 1. The van der Waals surface area contributed by atoms with Gasteiger partial charge in [0.15, 0.2) is 5.16 Å². The summed E-state index contributed by atoms with van der Waals surface area (Å²) < 4.78 is 7.26. The van der Waals surface area contributed by atoms with Crippen LogP contribution in [0.1, 0.15) is 45.7 Å². The van der Waals surface area contributed by atoms with E-state index in [-0.39, 0.29) is 23.1 Å². The Balaban J connectivity index is 2.18. The molecular formula is C17H25N5O3S. The third-order valence-corrected chi connectivity index (χ3v) is 4.51. The molecule has 0 saturated heterocycles. The third kappa shape index (κ3) is 5.91. The highest BCUT2D eigenvalue weighted by Gasteiger charge is 2.23. The predicted octanol–water partition coefficient (Wildman–Crippen LogP) is 1.73. The summed E-state index contributed by atoms with van der Waals surface area (Å²) in [6, 6.07) is 3.65. The molecule has 26 heavy (non-hydrogen) atoms. The Kier molecular flexibility index (Phi) is 6.47. The number of carbonyl (C=O) groups excluding carboxylic acids is 2. The highest BCUT2D eigenvalue weighted by molar-refractivity contribution is 8.00. The van der Waals surface area contributed by atoms with Crippen LogP contribution in [0.15, 0.2) is 28.0 Å². The second-order valence-corrected chi connectivity index (χ2v) is 8.34. The minimum Gasteiger partial charge on any atom is -0.467 e. The van der Waals surface area contributed by atoms with Crippen LogP contribution in [0.25, 0.3) is 0 Å². The summed E-state index contributed by atoms with van der Waals surface area (Å²) in [5, 5.41) is 11.6. The van der Waals surface area contributed by atoms with Gasteiger partial charge in [-0.05, 0) is 39.8 Å². The first-order valence-electron chi connectivity index (χ1n) is 8.37. The maximum Gasteiger partial charge on any atom is 0.233 e. The first-order chi connectivity index (χ1) is 12.2. The van der Waals surface area contributed by atoms with E-state index in [9.17, 15) is 9.59 Å². The second-order valence-electron chi connectivity index (χ2n) is 7.03. The van der Waals surface area contributed by atoms with Crippen LogP contribution in [0, 0.1) is 0 Å². The number of aryl methyl sites for hydroxylation is 1. The molecular weight excluding hydrogens is 354 g/mol. The van der Waals surface area contributed by atoms with E-state index in [2.05, 4.69) is 15.5 Å². The molecule has 1 atom stereocenters. The van der Waals surface area contributed by atoms with Crippen molar-refractivity contribution in [2.24, 2.45) is 5.73 Å². The average molecular weight is 379 g/mol. The van der Waals surface area contributed by atoms with E-state index in [1.54, 1.807) is 12.3 Å². The van der Waals surface area contributed by atoms with Crippen molar-refractivity contribution in [3.05, 3.63) is 30.0 Å². The zero-order valence-electron chi connectivity index (χ0n) is 15.5. The van der Waals surface area contributed by atoms with Gasteiger partial charge in [0, 0.05) is 18.4 Å². The molecule has 0 saturated carbocycles. The molecule has 0 bridgehead atoms. The van der Waals surface area contributed by atoms with E-state index in [0.29, 0.717) is 23.9 Å². The highest BCUT2D eigenvalue weighted by Crippen LogP contribution is 2.24. The summed E-state index contributed by atoms with van der Waals surface area (Å²) in [5.41, 5.74) is 4.93. The molecule has 0 aliphatic carbocycles. The van der Waals surface area contributed by atoms with Crippen LogP contribution in [0.5, 0.6) is 0 Å². The lowest BCUT2D eigenvalue weighted by molar-refractivity contribution is -0.121. The van der Waals surface area contributed by atoms with Crippen molar-refractivity contribution in [3.8, 4) is 0 Å². The van der Waals surface area contributed by atoms with Gasteiger partial charge in [-0.2, -0.15) is 0 Å². The number of aromatic nitrogens is 3. The molecule has 1 unspecified atom stereocenters. The first kappa shape index (κ1) is 20.0. The van der Waals surface area contributed by atoms with Crippen molar-refractivity contribution in [3.63, 3.8) is 0 Å². The number of hydrogen-bond acceptors (Lipinski definition) is 6. The summed E-state index contributed by atoms with van der Waals surface area (Å²) >= 11 is 1.32. The SMILES string of the molecule is CC(Sc1nnc(CCC(N)=O)n1Cc1ccco1)C(=O)NC(C)(C)C. The molecule has 2 rings (SSSR count). The molecule has 3 N–H and O–H groups in total. The fraction of sp³-hybridized carbons (Fsp3) is 0.529. The lowest BCUT2D eigenvalue weighted by Gasteiger charge is -2.22. The van der Waals surface area contributed by atoms with Crippen molar-refractivity contribution < 1.29 is 14.0 Å². The molecule has 8 nitrogen and oxygen atoms in total. The maximum atomic E-state index is 12.3. The van der Waals surface area contributed by atoms with Crippen molar-refractivity contribution in [2.45, 2.75) is 63.0 Å². The highest BCUT2D eigenvalue weighted by atomic mass is 32.2. The van der Waals surface area contributed by atoms with Gasteiger partial charge in [-0.1, -0.05) is 11.8 Å². The van der Waals surface area contributed by atoms with Crippen molar-refractivity contribution >= 4 is 23.6 Å². The first-order valence-corrected chi connectivity index (χ1v) is 9.25. The lowest BCUT2D eigenvalue weighted by atomic mass is 10.1. The van der Waals surface area contributed by atoms with Crippen LogP contribution in [-0.4, -0.2) is 37.4 Å². The smallest absolute Gasteiger partial charge is 0.233 e. The van der Waals surface area contributed by atoms with E-state index in [4.69, 9.17) is 10.2 Å². The van der Waals surface area contributed by atoms with E-state index in [1.165, 1.54) is 11.8 Å². The normalized spacial score (nSPS) is 12.8. The van der Waals surface area contributed by atoms with Crippen LogP contribution in [-0.2, 0) is 22.6 Å². The largest absolute Gasteiger partial charge is 0.467 e. The minimum absolute atomic E-state index is 0.0752. The molecule has 9 heteroatoms. The van der Waals surface area contributed by atoms with Gasteiger partial charge in [0.25, 0.3) is 0 Å². The van der Waals surface area contributed by atoms with E-state index in [0.717, 1.165) is 5.76 Å². The van der Waals surface area contributed by atoms with Gasteiger partial charge in [0.2, 0.25) is 11.8 Å². The zero-order chi connectivity index (χ0) is 19.3. The van der Waals surface area contributed by atoms with Gasteiger partial charge in [0.05, 0.1) is 18.1 Å². The fourth-order valence-electron chi connectivity index (χ4n) is 2.23. The number of nitrogens with two attached hydrogens (primary N) is 1. The maximum absolute atomic E-state index is 12.3. The van der Waals surface area contributed by atoms with E-state index >= 15 is 0 Å². The van der Waals surface area contributed by atoms with Gasteiger partial charge in [-0.25, -0.2) is 0 Å². The molecule has 0 spiro atoms. The van der Waals surface area contributed by atoms with E-state index in [1.807, 2.05) is 38.3 Å². The predicted molar refractivity (Wildman–Crippen MR) is 98.6 cm³/mol. The Morgan fingerprint density at radius 3 is 2.69 bits per heavy atom. The Morgan fingerprint density at radius 1 is 1.38 bits per heavy atom. The number of carbonyl (C=O) groups is 2. The molecule has 0 aliphatic rings. The molecule has 2 aromatic heterocycles. The Bertz CT molecular complexity index is 749. The summed E-state index contributed by atoms with van der Waals surface area (Å²) in [6.07, 6.45) is 2.15. The second kappa shape index (κ2) is 8.39. The summed E-state index contributed by atoms with van der Waals surface area (Å²) in [6.45, 7) is 8.04. The topological polar surface area (TPSA) is 116 Å². The van der Waals surface area contributed by atoms with Crippen LogP contribution in [0.3, 0.4) is 0 Å². The van der Waals surface area contributed by atoms with Gasteiger partial charge in [-0.15, -0.1) is 10.2 Å².